The van der Waals surface area contributed by atoms with Crippen LogP contribution in [-0.2, 0) is 4.79 Å². The maximum Gasteiger partial charge on any atom is 0.241 e. The molecule has 0 aliphatic carbocycles. The third-order valence-electron chi connectivity index (χ3n) is 3.12. The van der Waals surface area contributed by atoms with Crippen molar-refractivity contribution in [3.05, 3.63) is 24.3 Å². The Balaban J connectivity index is 1.94. The van der Waals surface area contributed by atoms with Crippen molar-refractivity contribution in [1.29, 1.82) is 0 Å². The number of benzene rings is 1. The molecular weight excluding hydrogens is 216 g/mol. The van der Waals surface area contributed by atoms with Gasteiger partial charge in [-0.3, -0.25) is 4.79 Å². The van der Waals surface area contributed by atoms with Crippen LogP contribution in [0.4, 0.5) is 5.69 Å². The van der Waals surface area contributed by atoms with Crippen LogP contribution in [0.15, 0.2) is 24.3 Å². The molecular formula is C13H18N2O2. The first-order chi connectivity index (χ1) is 8.15. The highest BCUT2D eigenvalue weighted by Gasteiger charge is 2.24. The van der Waals surface area contributed by atoms with E-state index in [-0.39, 0.29) is 17.7 Å². The summed E-state index contributed by atoms with van der Waals surface area (Å²) in [7, 11) is 0. The SMILES string of the molecule is CC1CCNC(C(=O)Nc2ccc(O)cc2)C1. The Morgan fingerprint density at radius 1 is 1.41 bits per heavy atom. The Labute approximate surface area is 101 Å². The molecule has 1 fully saturated rings. The molecule has 2 atom stereocenters. The standard InChI is InChI=1S/C13H18N2O2/c1-9-6-7-14-12(8-9)13(17)15-10-2-4-11(16)5-3-10/h2-5,9,12,14,16H,6-8H2,1H3,(H,15,17). The average Bonchev–Trinajstić information content (AvgIpc) is 2.32. The van der Waals surface area contributed by atoms with Crippen LogP contribution in [0.3, 0.4) is 0 Å². The lowest BCUT2D eigenvalue weighted by Crippen LogP contribution is -2.45. The molecule has 1 aromatic rings. The predicted octanol–water partition coefficient (Wildman–Crippen LogP) is 1.72. The predicted molar refractivity (Wildman–Crippen MR) is 66.9 cm³/mol. The van der Waals surface area contributed by atoms with Gasteiger partial charge in [0.05, 0.1) is 6.04 Å². The summed E-state index contributed by atoms with van der Waals surface area (Å²) in [4.78, 5) is 12.0. The Kier molecular flexibility index (Phi) is 3.64. The van der Waals surface area contributed by atoms with E-state index in [1.165, 1.54) is 0 Å². The van der Waals surface area contributed by atoms with Crippen molar-refractivity contribution in [2.75, 3.05) is 11.9 Å². The first-order valence-electron chi connectivity index (χ1n) is 5.98. The molecule has 1 aliphatic rings. The summed E-state index contributed by atoms with van der Waals surface area (Å²) in [6, 6.07) is 6.41. The minimum atomic E-state index is -0.104. The van der Waals surface area contributed by atoms with E-state index >= 15 is 0 Å². The number of phenols is 1. The molecule has 2 rings (SSSR count). The topological polar surface area (TPSA) is 61.4 Å². The number of piperidine rings is 1. The van der Waals surface area contributed by atoms with E-state index in [0.717, 1.165) is 19.4 Å². The highest BCUT2D eigenvalue weighted by molar-refractivity contribution is 5.94. The molecule has 92 valence electrons. The molecule has 0 spiro atoms. The fourth-order valence-corrected chi connectivity index (χ4v) is 2.08. The minimum absolute atomic E-state index is 0.00207. The number of anilines is 1. The lowest BCUT2D eigenvalue weighted by atomic mass is 9.94. The molecule has 1 amide bonds. The van der Waals surface area contributed by atoms with Gasteiger partial charge in [-0.2, -0.15) is 0 Å². The summed E-state index contributed by atoms with van der Waals surface area (Å²) in [6.07, 6.45) is 2.01. The van der Waals surface area contributed by atoms with Gasteiger partial charge in [0, 0.05) is 5.69 Å². The van der Waals surface area contributed by atoms with Crippen LogP contribution >= 0.6 is 0 Å². The average molecular weight is 234 g/mol. The molecule has 3 N–H and O–H groups in total. The van der Waals surface area contributed by atoms with Crippen molar-refractivity contribution >= 4 is 11.6 Å². The van der Waals surface area contributed by atoms with Crippen LogP contribution < -0.4 is 10.6 Å². The number of rotatable bonds is 2. The maximum atomic E-state index is 12.0. The number of nitrogens with one attached hydrogen (secondary N) is 2. The Morgan fingerprint density at radius 3 is 2.76 bits per heavy atom. The Morgan fingerprint density at radius 2 is 2.12 bits per heavy atom. The lowest BCUT2D eigenvalue weighted by Gasteiger charge is -2.27. The summed E-state index contributed by atoms with van der Waals surface area (Å²) in [6.45, 7) is 3.07. The molecule has 1 saturated heterocycles. The fraction of sp³-hybridized carbons (Fsp3) is 0.462. The van der Waals surface area contributed by atoms with E-state index in [1.54, 1.807) is 24.3 Å². The fourth-order valence-electron chi connectivity index (χ4n) is 2.08. The molecule has 2 unspecified atom stereocenters. The number of hydrogen-bond acceptors (Lipinski definition) is 3. The van der Waals surface area contributed by atoms with Crippen LogP contribution in [0.2, 0.25) is 0 Å². The van der Waals surface area contributed by atoms with E-state index in [1.807, 2.05) is 0 Å². The Bertz CT molecular complexity index is 389. The van der Waals surface area contributed by atoms with Gasteiger partial charge >= 0.3 is 0 Å². The lowest BCUT2D eigenvalue weighted by molar-refractivity contribution is -0.119. The van der Waals surface area contributed by atoms with E-state index in [9.17, 15) is 4.79 Å². The van der Waals surface area contributed by atoms with Gasteiger partial charge in [0.2, 0.25) is 5.91 Å². The van der Waals surface area contributed by atoms with Crippen molar-refractivity contribution in [3.8, 4) is 5.75 Å². The van der Waals surface area contributed by atoms with Gasteiger partial charge in [-0.1, -0.05) is 6.92 Å². The van der Waals surface area contributed by atoms with Gasteiger partial charge in [0.25, 0.3) is 0 Å². The van der Waals surface area contributed by atoms with Crippen molar-refractivity contribution in [3.63, 3.8) is 0 Å². The van der Waals surface area contributed by atoms with Crippen LogP contribution in [0, 0.1) is 5.92 Å². The second-order valence-electron chi connectivity index (χ2n) is 4.67. The minimum Gasteiger partial charge on any atom is -0.508 e. The van der Waals surface area contributed by atoms with Crippen LogP contribution in [0.1, 0.15) is 19.8 Å². The molecule has 17 heavy (non-hydrogen) atoms. The number of aromatic hydroxyl groups is 1. The number of amides is 1. The van der Waals surface area contributed by atoms with Crippen molar-refractivity contribution < 1.29 is 9.90 Å². The molecule has 0 aromatic heterocycles. The summed E-state index contributed by atoms with van der Waals surface area (Å²) in [5, 5.41) is 15.2. The zero-order valence-electron chi connectivity index (χ0n) is 9.94. The molecule has 0 radical (unpaired) electrons. The van der Waals surface area contributed by atoms with Gasteiger partial charge in [0.15, 0.2) is 0 Å². The molecule has 4 nitrogen and oxygen atoms in total. The Hall–Kier alpha value is -1.55. The number of phenolic OH excluding ortho intramolecular Hbond substituents is 1. The zero-order chi connectivity index (χ0) is 12.3. The smallest absolute Gasteiger partial charge is 0.241 e. The third kappa shape index (κ3) is 3.20. The largest absolute Gasteiger partial charge is 0.508 e. The van der Waals surface area contributed by atoms with Crippen LogP contribution in [-0.4, -0.2) is 23.6 Å². The molecule has 1 heterocycles. The summed E-state index contributed by atoms with van der Waals surface area (Å²) < 4.78 is 0. The molecule has 0 bridgehead atoms. The normalized spacial score (nSPS) is 24.3. The van der Waals surface area contributed by atoms with E-state index in [2.05, 4.69) is 17.6 Å². The van der Waals surface area contributed by atoms with E-state index in [4.69, 9.17) is 5.11 Å². The number of carbonyl (C=O) groups excluding carboxylic acids is 1. The van der Waals surface area contributed by atoms with Crippen LogP contribution in [0.5, 0.6) is 5.75 Å². The third-order valence-corrected chi connectivity index (χ3v) is 3.12. The zero-order valence-corrected chi connectivity index (χ0v) is 9.94. The molecule has 4 heteroatoms. The van der Waals surface area contributed by atoms with E-state index < -0.39 is 0 Å². The molecule has 1 aromatic carbocycles. The highest BCUT2D eigenvalue weighted by atomic mass is 16.3. The second-order valence-corrected chi connectivity index (χ2v) is 4.67. The first kappa shape index (κ1) is 11.9. The number of carbonyl (C=O) groups is 1. The quantitative estimate of drug-likeness (QED) is 0.683. The van der Waals surface area contributed by atoms with Crippen LogP contribution in [0.25, 0.3) is 0 Å². The van der Waals surface area contributed by atoms with Gasteiger partial charge in [-0.15, -0.1) is 0 Å². The van der Waals surface area contributed by atoms with Gasteiger partial charge in [-0.05, 0) is 49.6 Å². The second kappa shape index (κ2) is 5.19. The van der Waals surface area contributed by atoms with E-state index in [0.29, 0.717) is 11.6 Å². The van der Waals surface area contributed by atoms with Crippen molar-refractivity contribution in [2.24, 2.45) is 5.92 Å². The van der Waals surface area contributed by atoms with Gasteiger partial charge in [0.1, 0.15) is 5.75 Å². The summed E-state index contributed by atoms with van der Waals surface area (Å²) in [5.41, 5.74) is 0.716. The van der Waals surface area contributed by atoms with Crippen molar-refractivity contribution in [2.45, 2.75) is 25.8 Å². The molecule has 0 saturated carbocycles. The van der Waals surface area contributed by atoms with Crippen molar-refractivity contribution in [1.82, 2.24) is 5.32 Å². The monoisotopic (exact) mass is 234 g/mol. The summed E-state index contributed by atoms with van der Waals surface area (Å²) in [5.74, 6) is 0.793. The van der Waals surface area contributed by atoms with Gasteiger partial charge < -0.3 is 15.7 Å². The first-order valence-corrected chi connectivity index (χ1v) is 5.98. The summed E-state index contributed by atoms with van der Waals surface area (Å²) >= 11 is 0. The molecule has 1 aliphatic heterocycles. The highest BCUT2D eigenvalue weighted by Crippen LogP contribution is 2.18. The maximum absolute atomic E-state index is 12.0. The number of hydrogen-bond donors (Lipinski definition) is 3. The van der Waals surface area contributed by atoms with Gasteiger partial charge in [-0.25, -0.2) is 0 Å².